The molecule has 3 amide bonds. The van der Waals surface area contributed by atoms with Crippen LogP contribution in [0.3, 0.4) is 0 Å². The first-order chi connectivity index (χ1) is 27.7. The molecule has 9 rings (SSSR count). The fourth-order valence-corrected chi connectivity index (χ4v) is 9.37. The number of pyridine rings is 1. The number of amides is 3. The lowest BCUT2D eigenvalue weighted by Crippen LogP contribution is -2.47. The van der Waals surface area contributed by atoms with Gasteiger partial charge in [-0.3, -0.25) is 28.9 Å². The molecule has 3 aliphatic heterocycles. The van der Waals surface area contributed by atoms with Crippen LogP contribution in [0.2, 0.25) is 0 Å². The number of carbonyl (C=O) groups excluding carboxylic acids is 5. The standard InChI is InChI=1S/C42H48N10O5/c1-25-4-2-6-32(46-25)40(55)48-28-20-29(21-28)51-24-45-37-38(43-23-44-39(37)51)47-27-13-16-49(17-14-27)15-10-26-11-18-50(19-12-26)34-7-3-5-31-36(34)42(57)52(41(31)56)33-9-8-30(53)22-35(33)54/h2-7,23-24,26-29,33H,8-22H2,1H3,(H,48,55)(H,43,44,47)/t28?,29?,33-/m0/s1. The van der Waals surface area contributed by atoms with Crippen molar-refractivity contribution in [3.63, 3.8) is 0 Å². The van der Waals surface area contributed by atoms with Gasteiger partial charge in [0.2, 0.25) is 0 Å². The number of carbonyl (C=O) groups is 5. The Kier molecular flexibility index (Phi) is 10.0. The van der Waals surface area contributed by atoms with E-state index in [4.69, 9.17) is 4.98 Å². The lowest BCUT2D eigenvalue weighted by molar-refractivity contribution is -0.132. The summed E-state index contributed by atoms with van der Waals surface area (Å²) in [4.78, 5) is 88.2. The van der Waals surface area contributed by atoms with Crippen molar-refractivity contribution >= 4 is 52.0 Å². The van der Waals surface area contributed by atoms with Crippen molar-refractivity contribution in [2.45, 2.75) is 95.3 Å². The van der Waals surface area contributed by atoms with Gasteiger partial charge in [0, 0.05) is 56.4 Å². The molecule has 0 radical (unpaired) electrons. The largest absolute Gasteiger partial charge is 0.371 e. The molecule has 0 unspecified atom stereocenters. The normalized spacial score (nSPS) is 23.6. The minimum atomic E-state index is -0.860. The van der Waals surface area contributed by atoms with Crippen LogP contribution >= 0.6 is 0 Å². The SMILES string of the molecule is Cc1cccc(C(=O)NC2CC(n3cnc4c(NC5CCN(CCC6CCN(c7cccc8c7C(=O)N([C@H]7CCC(=O)CC7=O)C8=O)CC6)CC5)ncnc43)C2)n1. The minimum absolute atomic E-state index is 0.0817. The van der Waals surface area contributed by atoms with E-state index >= 15 is 0 Å². The van der Waals surface area contributed by atoms with Crippen LogP contribution < -0.4 is 15.5 Å². The Bertz CT molecular complexity index is 2230. The van der Waals surface area contributed by atoms with Crippen molar-refractivity contribution in [3.8, 4) is 0 Å². The van der Waals surface area contributed by atoms with E-state index in [-0.39, 0.29) is 48.8 Å². The van der Waals surface area contributed by atoms with Crippen molar-refractivity contribution in [2.75, 3.05) is 42.9 Å². The van der Waals surface area contributed by atoms with Crippen LogP contribution in [0.4, 0.5) is 11.5 Å². The molecule has 3 aromatic heterocycles. The molecule has 15 heteroatoms. The number of nitrogens with zero attached hydrogens (tertiary/aromatic N) is 8. The van der Waals surface area contributed by atoms with Gasteiger partial charge >= 0.3 is 0 Å². The van der Waals surface area contributed by atoms with Crippen molar-refractivity contribution in [1.29, 1.82) is 0 Å². The summed E-state index contributed by atoms with van der Waals surface area (Å²) in [5.74, 6) is -0.129. The number of piperidine rings is 2. The zero-order chi connectivity index (χ0) is 39.2. The average Bonchev–Trinajstić information content (AvgIpc) is 3.74. The molecular formula is C42H48N10O5. The number of nitrogens with one attached hydrogen (secondary N) is 2. The number of likely N-dealkylation sites (tertiary alicyclic amines) is 1. The Hall–Kier alpha value is -5.57. The summed E-state index contributed by atoms with van der Waals surface area (Å²) < 4.78 is 2.11. The summed E-state index contributed by atoms with van der Waals surface area (Å²) in [5, 5.41) is 6.77. The van der Waals surface area contributed by atoms with Gasteiger partial charge in [0.05, 0.1) is 35.6 Å². The molecule has 1 atom stereocenters. The van der Waals surface area contributed by atoms with Gasteiger partial charge in [0.1, 0.15) is 23.3 Å². The number of hydrogen-bond acceptors (Lipinski definition) is 12. The first-order valence-corrected chi connectivity index (χ1v) is 20.4. The second-order valence-corrected chi connectivity index (χ2v) is 16.4. The van der Waals surface area contributed by atoms with Crippen LogP contribution in [-0.4, -0.2) is 114 Å². The zero-order valence-corrected chi connectivity index (χ0v) is 32.2. The number of aromatic nitrogens is 5. The summed E-state index contributed by atoms with van der Waals surface area (Å²) in [6.45, 7) is 6.55. The molecule has 4 fully saturated rings. The molecular weight excluding hydrogens is 725 g/mol. The van der Waals surface area contributed by atoms with Gasteiger partial charge in [-0.1, -0.05) is 12.1 Å². The van der Waals surface area contributed by atoms with Crippen LogP contribution in [0.1, 0.15) is 107 Å². The number of aryl methyl sites for hydroxylation is 1. The smallest absolute Gasteiger partial charge is 0.270 e. The van der Waals surface area contributed by atoms with Crippen molar-refractivity contribution < 1.29 is 24.0 Å². The van der Waals surface area contributed by atoms with E-state index in [0.29, 0.717) is 28.8 Å². The summed E-state index contributed by atoms with van der Waals surface area (Å²) in [6.07, 6.45) is 10.4. The molecule has 6 heterocycles. The van der Waals surface area contributed by atoms with E-state index in [2.05, 4.69) is 40.0 Å². The van der Waals surface area contributed by atoms with Gasteiger partial charge in [-0.25, -0.2) is 19.9 Å². The molecule has 57 heavy (non-hydrogen) atoms. The molecule has 1 aromatic carbocycles. The van der Waals surface area contributed by atoms with Crippen LogP contribution in [0.5, 0.6) is 0 Å². The number of fused-ring (bicyclic) bond motifs is 2. The Balaban J connectivity index is 0.729. The molecule has 0 bridgehead atoms. The van der Waals surface area contributed by atoms with E-state index in [1.807, 2.05) is 37.5 Å². The van der Waals surface area contributed by atoms with E-state index in [1.165, 1.54) is 0 Å². The fraction of sp³-hybridized carbons (Fsp3) is 0.500. The number of rotatable bonds is 10. The quantitative estimate of drug-likeness (QED) is 0.175. The molecule has 2 aliphatic carbocycles. The number of hydrogen-bond donors (Lipinski definition) is 2. The molecule has 2 saturated heterocycles. The Morgan fingerprint density at radius 2 is 1.65 bits per heavy atom. The lowest BCUT2D eigenvalue weighted by atomic mass is 9.86. The molecule has 2 saturated carbocycles. The zero-order valence-electron chi connectivity index (χ0n) is 32.2. The third kappa shape index (κ3) is 7.28. The molecule has 5 aliphatic rings. The number of benzene rings is 1. The maximum atomic E-state index is 13.6. The second-order valence-electron chi connectivity index (χ2n) is 16.4. The highest BCUT2D eigenvalue weighted by Crippen LogP contribution is 2.38. The number of imidazole rings is 1. The highest BCUT2D eigenvalue weighted by molar-refractivity contribution is 6.25. The summed E-state index contributed by atoms with van der Waals surface area (Å²) in [5.41, 5.74) is 4.35. The average molecular weight is 773 g/mol. The summed E-state index contributed by atoms with van der Waals surface area (Å²) in [7, 11) is 0. The first kappa shape index (κ1) is 37.0. The second kappa shape index (κ2) is 15.4. The molecule has 15 nitrogen and oxygen atoms in total. The fourth-order valence-electron chi connectivity index (χ4n) is 9.37. The molecule has 2 N–H and O–H groups in total. The van der Waals surface area contributed by atoms with Crippen molar-refractivity contribution in [3.05, 3.63) is 71.6 Å². The van der Waals surface area contributed by atoms with Gasteiger partial charge < -0.3 is 25.0 Å². The molecule has 4 aromatic rings. The van der Waals surface area contributed by atoms with Crippen molar-refractivity contribution in [1.82, 2.24) is 39.6 Å². The molecule has 0 spiro atoms. The first-order valence-electron chi connectivity index (χ1n) is 20.4. The number of anilines is 2. The Morgan fingerprint density at radius 1 is 0.860 bits per heavy atom. The summed E-state index contributed by atoms with van der Waals surface area (Å²) >= 11 is 0. The van der Waals surface area contributed by atoms with E-state index < -0.39 is 17.9 Å². The monoisotopic (exact) mass is 772 g/mol. The number of Topliss-reactive ketones (excluding diaryl/α,β-unsaturated/α-hetero) is 2. The Morgan fingerprint density at radius 3 is 2.42 bits per heavy atom. The lowest BCUT2D eigenvalue weighted by Gasteiger charge is -2.37. The minimum Gasteiger partial charge on any atom is -0.371 e. The van der Waals surface area contributed by atoms with Crippen molar-refractivity contribution in [2.24, 2.45) is 5.92 Å². The summed E-state index contributed by atoms with van der Waals surface area (Å²) in [6, 6.07) is 10.6. The van der Waals surface area contributed by atoms with Crippen LogP contribution in [0.25, 0.3) is 11.2 Å². The van der Waals surface area contributed by atoms with Crippen LogP contribution in [-0.2, 0) is 9.59 Å². The van der Waals surface area contributed by atoms with Gasteiger partial charge in [0.25, 0.3) is 17.7 Å². The predicted octanol–water partition coefficient (Wildman–Crippen LogP) is 4.13. The highest BCUT2D eigenvalue weighted by Gasteiger charge is 2.46. The van der Waals surface area contributed by atoms with Gasteiger partial charge in [-0.05, 0) is 95.0 Å². The van der Waals surface area contributed by atoms with Gasteiger partial charge in [-0.2, -0.15) is 0 Å². The van der Waals surface area contributed by atoms with E-state index in [9.17, 15) is 24.0 Å². The van der Waals surface area contributed by atoms with E-state index in [0.717, 1.165) is 111 Å². The topological polar surface area (TPSA) is 176 Å². The number of imide groups is 1. The van der Waals surface area contributed by atoms with Gasteiger partial charge in [-0.15, -0.1) is 0 Å². The highest BCUT2D eigenvalue weighted by atomic mass is 16.2. The van der Waals surface area contributed by atoms with Crippen LogP contribution in [0, 0.1) is 12.8 Å². The van der Waals surface area contributed by atoms with E-state index in [1.54, 1.807) is 18.5 Å². The predicted molar refractivity (Wildman–Crippen MR) is 211 cm³/mol. The molecule has 296 valence electrons. The van der Waals surface area contributed by atoms with Gasteiger partial charge in [0.15, 0.2) is 17.2 Å². The third-order valence-electron chi connectivity index (χ3n) is 12.7. The maximum absolute atomic E-state index is 13.6. The Labute approximate surface area is 330 Å². The maximum Gasteiger partial charge on any atom is 0.270 e. The third-order valence-corrected chi connectivity index (χ3v) is 12.7. The van der Waals surface area contributed by atoms with Crippen LogP contribution in [0.15, 0.2) is 49.1 Å². The number of ketones is 2.